The molecule has 0 saturated carbocycles. The van der Waals surface area contributed by atoms with Crippen LogP contribution in [0.2, 0.25) is 0 Å². The summed E-state index contributed by atoms with van der Waals surface area (Å²) in [5, 5.41) is 0. The van der Waals surface area contributed by atoms with Gasteiger partial charge in [0.2, 0.25) is 69.7 Å². The Labute approximate surface area is 145 Å². The van der Waals surface area contributed by atoms with E-state index in [2.05, 4.69) is 9.47 Å². The lowest BCUT2D eigenvalue weighted by atomic mass is 10.2. The molecule has 0 aliphatic rings. The summed E-state index contributed by atoms with van der Waals surface area (Å²) in [4.78, 5) is 22.6. The van der Waals surface area contributed by atoms with Crippen LogP contribution in [0.15, 0.2) is 0 Å². The first-order valence-electron chi connectivity index (χ1n) is 6.36. The minimum Gasteiger partial charge on any atom is -0.412 e. The van der Waals surface area contributed by atoms with Gasteiger partial charge in [0.15, 0.2) is 0 Å². The van der Waals surface area contributed by atoms with E-state index in [-0.39, 0.29) is 0 Å². The van der Waals surface area contributed by atoms with Gasteiger partial charge < -0.3 is 9.47 Å². The van der Waals surface area contributed by atoms with Crippen LogP contribution in [0.3, 0.4) is 0 Å². The minimum atomic E-state index is -2.66. The van der Waals surface area contributed by atoms with E-state index in [1.54, 1.807) is 0 Å². The fourth-order valence-corrected chi connectivity index (χ4v) is 1.62. The highest BCUT2D eigenvalue weighted by Gasteiger charge is 2.33. The highest BCUT2D eigenvalue weighted by Crippen LogP contribution is 2.31. The predicted molar refractivity (Wildman–Crippen MR) is 63.7 cm³/mol. The second-order valence-corrected chi connectivity index (χ2v) is 4.58. The molecule has 0 saturated heterocycles. The number of halogens is 10. The van der Waals surface area contributed by atoms with Gasteiger partial charge in [0.05, 0.1) is 0 Å². The highest BCUT2D eigenvalue weighted by atomic mass is 19.2. The van der Waals surface area contributed by atoms with Gasteiger partial charge in [-0.05, 0) is 0 Å². The zero-order chi connectivity index (χ0) is 21.5. The maximum atomic E-state index is 13.3. The molecule has 14 heteroatoms. The molecule has 2 rings (SSSR count). The molecular formula is C14F10O4. The van der Waals surface area contributed by atoms with Crippen molar-refractivity contribution in [2.24, 2.45) is 0 Å². The van der Waals surface area contributed by atoms with Gasteiger partial charge in [-0.1, -0.05) is 0 Å². The molecule has 0 bridgehead atoms. The fraction of sp³-hybridized carbons (Fsp3) is 0. The quantitative estimate of drug-likeness (QED) is 0.186. The molecule has 0 amide bonds. The van der Waals surface area contributed by atoms with Crippen molar-refractivity contribution in [1.82, 2.24) is 0 Å². The Balaban J connectivity index is 2.36. The molecule has 2 aromatic carbocycles. The van der Waals surface area contributed by atoms with Crippen LogP contribution in [-0.4, -0.2) is 11.9 Å². The molecule has 0 spiro atoms. The third-order valence-electron chi connectivity index (χ3n) is 2.90. The fourth-order valence-electron chi connectivity index (χ4n) is 1.62. The van der Waals surface area contributed by atoms with Gasteiger partial charge >= 0.3 is 11.9 Å². The number of carbonyl (C=O) groups excluding carboxylic acids is 2. The molecule has 0 unspecified atom stereocenters. The molecular weight excluding hydrogens is 422 g/mol. The molecule has 0 aliphatic carbocycles. The number of esters is 2. The molecule has 150 valence electrons. The van der Waals surface area contributed by atoms with E-state index < -0.39 is 81.6 Å². The first-order chi connectivity index (χ1) is 12.9. The largest absolute Gasteiger partial charge is 0.423 e. The first kappa shape index (κ1) is 21.0. The van der Waals surface area contributed by atoms with E-state index in [1.807, 2.05) is 0 Å². The Morgan fingerprint density at radius 2 is 0.571 bits per heavy atom. The topological polar surface area (TPSA) is 52.6 Å². The third kappa shape index (κ3) is 3.32. The van der Waals surface area contributed by atoms with Crippen LogP contribution in [0.4, 0.5) is 43.9 Å². The van der Waals surface area contributed by atoms with Gasteiger partial charge in [0, 0.05) is 0 Å². The maximum absolute atomic E-state index is 13.3. The van der Waals surface area contributed by atoms with Gasteiger partial charge in [0.1, 0.15) is 0 Å². The third-order valence-corrected chi connectivity index (χ3v) is 2.90. The summed E-state index contributed by atoms with van der Waals surface area (Å²) in [6, 6.07) is 0. The first-order valence-corrected chi connectivity index (χ1v) is 6.36. The number of carbonyl (C=O) groups is 2. The Morgan fingerprint density at radius 1 is 0.393 bits per heavy atom. The summed E-state index contributed by atoms with van der Waals surface area (Å²) < 4.78 is 138. The predicted octanol–water partition coefficient (Wildman–Crippen LogP) is 3.59. The van der Waals surface area contributed by atoms with Crippen LogP contribution in [-0.2, 0) is 9.59 Å². The number of benzene rings is 2. The molecule has 4 nitrogen and oxygen atoms in total. The van der Waals surface area contributed by atoms with Crippen molar-refractivity contribution in [2.45, 2.75) is 0 Å². The molecule has 2 aromatic rings. The average Bonchev–Trinajstić information content (AvgIpc) is 2.67. The van der Waals surface area contributed by atoms with Crippen LogP contribution >= 0.6 is 0 Å². The van der Waals surface area contributed by atoms with Crippen molar-refractivity contribution in [3.63, 3.8) is 0 Å². The SMILES string of the molecule is O=C(Oc1c(F)c(F)c(F)c(F)c1F)C(=O)Oc1c(F)c(F)c(F)c(F)c1F. The van der Waals surface area contributed by atoms with Crippen molar-refractivity contribution < 1.29 is 63.0 Å². The van der Waals surface area contributed by atoms with E-state index in [1.165, 1.54) is 0 Å². The zero-order valence-electron chi connectivity index (χ0n) is 12.4. The van der Waals surface area contributed by atoms with E-state index in [0.717, 1.165) is 0 Å². The average molecular weight is 422 g/mol. The Bertz CT molecular complexity index is 881. The number of hydrogen-bond acceptors (Lipinski definition) is 4. The molecule has 0 heterocycles. The Kier molecular flexibility index (Phi) is 5.52. The zero-order valence-corrected chi connectivity index (χ0v) is 12.4. The maximum Gasteiger partial charge on any atom is 0.423 e. The van der Waals surface area contributed by atoms with Crippen molar-refractivity contribution in [1.29, 1.82) is 0 Å². The van der Waals surface area contributed by atoms with Gasteiger partial charge in [-0.3, -0.25) is 0 Å². The standard InChI is InChI=1S/C14F10O4/c15-1-3(17)7(21)11(8(22)4(1)18)27-13(25)14(26)28-12-9(23)5(19)2(16)6(20)10(12)24. The van der Waals surface area contributed by atoms with E-state index in [4.69, 9.17) is 0 Å². The van der Waals surface area contributed by atoms with Crippen LogP contribution in [0.25, 0.3) is 0 Å². The smallest absolute Gasteiger partial charge is 0.412 e. The lowest BCUT2D eigenvalue weighted by Gasteiger charge is -2.10. The normalized spacial score (nSPS) is 10.8. The van der Waals surface area contributed by atoms with Gasteiger partial charge in [-0.25, -0.2) is 35.9 Å². The number of ether oxygens (including phenoxy) is 2. The van der Waals surface area contributed by atoms with Gasteiger partial charge in [0.25, 0.3) is 0 Å². The summed E-state index contributed by atoms with van der Waals surface area (Å²) in [6.07, 6.45) is 0. The van der Waals surface area contributed by atoms with Crippen molar-refractivity contribution >= 4 is 11.9 Å². The summed E-state index contributed by atoms with van der Waals surface area (Å²) in [6.45, 7) is 0. The molecule has 0 aromatic heterocycles. The molecule has 0 radical (unpaired) electrons. The van der Waals surface area contributed by atoms with Crippen molar-refractivity contribution in [2.75, 3.05) is 0 Å². The molecule has 0 aliphatic heterocycles. The summed E-state index contributed by atoms with van der Waals surface area (Å²) in [5.74, 6) is -36.2. The number of hydrogen-bond donors (Lipinski definition) is 0. The van der Waals surface area contributed by atoms with Crippen LogP contribution in [0.1, 0.15) is 0 Å². The second kappa shape index (κ2) is 7.36. The molecule has 0 fully saturated rings. The van der Waals surface area contributed by atoms with E-state index >= 15 is 0 Å². The second-order valence-electron chi connectivity index (χ2n) is 4.58. The lowest BCUT2D eigenvalue weighted by molar-refractivity contribution is -0.156. The molecule has 0 atom stereocenters. The van der Waals surface area contributed by atoms with Crippen LogP contribution in [0.5, 0.6) is 11.5 Å². The van der Waals surface area contributed by atoms with Crippen LogP contribution < -0.4 is 9.47 Å². The van der Waals surface area contributed by atoms with E-state index in [9.17, 15) is 53.5 Å². The molecule has 28 heavy (non-hydrogen) atoms. The van der Waals surface area contributed by atoms with Gasteiger partial charge in [-0.15, -0.1) is 0 Å². The van der Waals surface area contributed by atoms with Crippen molar-refractivity contribution in [3.8, 4) is 11.5 Å². The van der Waals surface area contributed by atoms with E-state index in [0.29, 0.717) is 0 Å². The Hall–Kier alpha value is -3.32. The Morgan fingerprint density at radius 3 is 0.786 bits per heavy atom. The summed E-state index contributed by atoms with van der Waals surface area (Å²) in [7, 11) is 0. The lowest BCUT2D eigenvalue weighted by Crippen LogP contribution is -2.28. The monoisotopic (exact) mass is 422 g/mol. The molecule has 0 N–H and O–H groups in total. The minimum absolute atomic E-state index is 2.28. The van der Waals surface area contributed by atoms with Crippen molar-refractivity contribution in [3.05, 3.63) is 58.2 Å². The summed E-state index contributed by atoms with van der Waals surface area (Å²) in [5.41, 5.74) is 0. The van der Waals surface area contributed by atoms with Crippen LogP contribution in [0, 0.1) is 58.2 Å². The summed E-state index contributed by atoms with van der Waals surface area (Å²) >= 11 is 0. The number of rotatable bonds is 2. The van der Waals surface area contributed by atoms with Gasteiger partial charge in [-0.2, -0.15) is 17.6 Å². The highest BCUT2D eigenvalue weighted by molar-refractivity contribution is 6.31.